The van der Waals surface area contributed by atoms with E-state index in [1.54, 1.807) is 28.8 Å². The molecule has 7 heteroatoms. The van der Waals surface area contributed by atoms with Crippen molar-refractivity contribution in [2.75, 3.05) is 0 Å². The van der Waals surface area contributed by atoms with Crippen LogP contribution in [0.1, 0.15) is 5.56 Å². The number of benzene rings is 1. The summed E-state index contributed by atoms with van der Waals surface area (Å²) < 4.78 is 28.2. The molecule has 0 radical (unpaired) electrons. The molecule has 2 heterocycles. The van der Waals surface area contributed by atoms with Gasteiger partial charge in [-0.15, -0.1) is 22.7 Å². The Hall–Kier alpha value is -0.920. The maximum atomic E-state index is 12.1. The van der Waals surface area contributed by atoms with E-state index >= 15 is 0 Å². The average Bonchev–Trinajstić information content (AvgIpc) is 3.06. The molecule has 0 spiro atoms. The number of fused-ring (bicyclic) bond motifs is 1. The minimum absolute atomic E-state index is 0.264. The highest BCUT2D eigenvalue weighted by atomic mass is 35.5. The number of halogens is 1. The molecule has 0 bridgehead atoms. The number of hydrogen-bond acceptors (Lipinski definition) is 4. The van der Waals surface area contributed by atoms with Crippen LogP contribution in [-0.2, 0) is 16.6 Å². The smallest absolute Gasteiger partial charge is 0.206 e. The van der Waals surface area contributed by atoms with E-state index in [1.807, 2.05) is 23.6 Å². The number of rotatable bonds is 4. The summed E-state index contributed by atoms with van der Waals surface area (Å²) >= 11 is 8.77. The molecule has 3 rings (SSSR count). The lowest BCUT2D eigenvalue weighted by molar-refractivity contribution is 0.584. The number of hydrogen-bond donors (Lipinski definition) is 1. The van der Waals surface area contributed by atoms with Crippen LogP contribution in [0.4, 0.5) is 0 Å². The predicted molar refractivity (Wildman–Crippen MR) is 85.2 cm³/mol. The number of nitrogens with one attached hydrogen (secondary N) is 1. The van der Waals surface area contributed by atoms with Crippen molar-refractivity contribution in [2.24, 2.45) is 0 Å². The summed E-state index contributed by atoms with van der Waals surface area (Å²) in [6.07, 6.45) is 0. The Bertz CT molecular complexity index is 838. The summed E-state index contributed by atoms with van der Waals surface area (Å²) in [5.74, 6) is 0. The van der Waals surface area contributed by atoms with Crippen molar-refractivity contribution in [3.05, 3.63) is 51.7 Å². The highest BCUT2D eigenvalue weighted by Gasteiger charge is 2.15. The molecule has 2 aromatic heterocycles. The van der Waals surface area contributed by atoms with Gasteiger partial charge in [-0.3, -0.25) is 0 Å². The number of thiophene rings is 2. The Morgan fingerprint density at radius 2 is 2.05 bits per heavy atom. The summed E-state index contributed by atoms with van der Waals surface area (Å²) in [6, 6.07) is 8.95. The highest BCUT2D eigenvalue weighted by Crippen LogP contribution is 2.29. The topological polar surface area (TPSA) is 46.2 Å². The van der Waals surface area contributed by atoms with Gasteiger partial charge in [-0.1, -0.05) is 17.7 Å². The van der Waals surface area contributed by atoms with E-state index in [2.05, 4.69) is 4.72 Å². The summed E-state index contributed by atoms with van der Waals surface area (Å²) in [7, 11) is -3.43. The minimum atomic E-state index is -3.43. The van der Waals surface area contributed by atoms with Crippen LogP contribution in [0.3, 0.4) is 0 Å². The first-order valence-electron chi connectivity index (χ1n) is 5.75. The van der Waals surface area contributed by atoms with E-state index in [-0.39, 0.29) is 6.54 Å². The SMILES string of the molecule is O=S(=O)(NCc1csc2ccc(Cl)cc12)c1cccs1. The van der Waals surface area contributed by atoms with Crippen molar-refractivity contribution >= 4 is 54.4 Å². The first kappa shape index (κ1) is 14.0. The van der Waals surface area contributed by atoms with Gasteiger partial charge >= 0.3 is 0 Å². The molecule has 20 heavy (non-hydrogen) atoms. The molecule has 0 amide bonds. The van der Waals surface area contributed by atoms with Gasteiger partial charge in [0.1, 0.15) is 4.21 Å². The second-order valence-electron chi connectivity index (χ2n) is 4.16. The van der Waals surface area contributed by atoms with Crippen molar-refractivity contribution in [3.63, 3.8) is 0 Å². The molecule has 1 aromatic carbocycles. The van der Waals surface area contributed by atoms with E-state index in [1.165, 1.54) is 11.3 Å². The Kier molecular flexibility index (Phi) is 3.83. The van der Waals surface area contributed by atoms with Crippen molar-refractivity contribution < 1.29 is 8.42 Å². The Labute approximate surface area is 129 Å². The maximum Gasteiger partial charge on any atom is 0.250 e. The fourth-order valence-corrected chi connectivity index (χ4v) is 5.01. The van der Waals surface area contributed by atoms with Gasteiger partial charge in [-0.2, -0.15) is 0 Å². The Morgan fingerprint density at radius 1 is 1.20 bits per heavy atom. The predicted octanol–water partition coefficient (Wildman–Crippen LogP) is 4.09. The molecule has 3 nitrogen and oxygen atoms in total. The summed E-state index contributed by atoms with van der Waals surface area (Å²) in [6.45, 7) is 0.264. The molecule has 1 N–H and O–H groups in total. The standard InChI is InChI=1S/C13H10ClNO2S3/c14-10-3-4-12-11(6-10)9(8-19-12)7-15-20(16,17)13-2-1-5-18-13/h1-6,8,15H,7H2. The van der Waals surface area contributed by atoms with Crippen molar-refractivity contribution in [1.82, 2.24) is 4.72 Å². The van der Waals surface area contributed by atoms with Crippen LogP contribution in [0.2, 0.25) is 5.02 Å². The lowest BCUT2D eigenvalue weighted by atomic mass is 10.2. The van der Waals surface area contributed by atoms with Crippen molar-refractivity contribution in [1.29, 1.82) is 0 Å². The lowest BCUT2D eigenvalue weighted by Gasteiger charge is -2.04. The van der Waals surface area contributed by atoms with Crippen LogP contribution in [0.25, 0.3) is 10.1 Å². The molecule has 0 saturated carbocycles. The largest absolute Gasteiger partial charge is 0.250 e. The van der Waals surface area contributed by atoms with Gasteiger partial charge in [-0.05, 0) is 46.0 Å². The monoisotopic (exact) mass is 343 g/mol. The summed E-state index contributed by atoms with van der Waals surface area (Å²) in [5.41, 5.74) is 0.938. The van der Waals surface area contributed by atoms with Crippen molar-refractivity contribution in [3.8, 4) is 0 Å². The third kappa shape index (κ3) is 2.75. The van der Waals surface area contributed by atoms with Gasteiger partial charge in [0.2, 0.25) is 10.0 Å². The molecular formula is C13H10ClNO2S3. The minimum Gasteiger partial charge on any atom is -0.206 e. The molecule has 0 saturated heterocycles. The molecule has 0 unspecified atom stereocenters. The van der Waals surface area contributed by atoms with Crippen LogP contribution in [0, 0.1) is 0 Å². The van der Waals surface area contributed by atoms with E-state index < -0.39 is 10.0 Å². The van der Waals surface area contributed by atoms with Crippen LogP contribution in [-0.4, -0.2) is 8.42 Å². The normalized spacial score (nSPS) is 12.1. The van der Waals surface area contributed by atoms with Crippen LogP contribution in [0.15, 0.2) is 45.3 Å². The first-order chi connectivity index (χ1) is 9.56. The molecule has 3 aromatic rings. The van der Waals surface area contributed by atoms with Gasteiger partial charge in [0.15, 0.2) is 0 Å². The fraction of sp³-hybridized carbons (Fsp3) is 0.0769. The molecule has 0 aliphatic rings. The maximum absolute atomic E-state index is 12.1. The fourth-order valence-electron chi connectivity index (χ4n) is 1.85. The highest BCUT2D eigenvalue weighted by molar-refractivity contribution is 7.91. The second-order valence-corrected chi connectivity index (χ2v) is 8.45. The summed E-state index contributed by atoms with van der Waals surface area (Å²) in [5, 5.41) is 5.35. The Morgan fingerprint density at radius 3 is 2.80 bits per heavy atom. The zero-order chi connectivity index (χ0) is 14.2. The quantitative estimate of drug-likeness (QED) is 0.775. The molecule has 0 aliphatic carbocycles. The average molecular weight is 344 g/mol. The zero-order valence-corrected chi connectivity index (χ0v) is 13.4. The van der Waals surface area contributed by atoms with E-state index in [0.717, 1.165) is 15.6 Å². The van der Waals surface area contributed by atoms with Gasteiger partial charge in [0, 0.05) is 16.3 Å². The van der Waals surface area contributed by atoms with Crippen molar-refractivity contribution in [2.45, 2.75) is 10.8 Å². The third-order valence-corrected chi connectivity index (χ3v) is 6.87. The Balaban J connectivity index is 1.86. The third-order valence-electron chi connectivity index (χ3n) is 2.83. The summed E-state index contributed by atoms with van der Waals surface area (Å²) in [4.78, 5) is 0. The number of sulfonamides is 1. The molecule has 0 fully saturated rings. The van der Waals surface area contributed by atoms with E-state index in [4.69, 9.17) is 11.6 Å². The van der Waals surface area contributed by atoms with Gasteiger partial charge < -0.3 is 0 Å². The van der Waals surface area contributed by atoms with Gasteiger partial charge in [-0.25, -0.2) is 13.1 Å². The van der Waals surface area contributed by atoms with Crippen LogP contribution in [0.5, 0.6) is 0 Å². The van der Waals surface area contributed by atoms with Gasteiger partial charge in [0.05, 0.1) is 0 Å². The van der Waals surface area contributed by atoms with E-state index in [0.29, 0.717) is 9.23 Å². The van der Waals surface area contributed by atoms with Gasteiger partial charge in [0.25, 0.3) is 0 Å². The lowest BCUT2D eigenvalue weighted by Crippen LogP contribution is -2.22. The first-order valence-corrected chi connectivity index (χ1v) is 9.37. The molecule has 0 aliphatic heterocycles. The second kappa shape index (κ2) is 5.46. The van der Waals surface area contributed by atoms with Crippen LogP contribution < -0.4 is 4.72 Å². The molecule has 0 atom stereocenters. The van der Waals surface area contributed by atoms with E-state index in [9.17, 15) is 8.42 Å². The molecular weight excluding hydrogens is 334 g/mol. The zero-order valence-electron chi connectivity index (χ0n) is 10.2. The van der Waals surface area contributed by atoms with Crippen LogP contribution >= 0.6 is 34.3 Å². The molecule has 104 valence electrons.